The van der Waals surface area contributed by atoms with Gasteiger partial charge in [-0.1, -0.05) is 11.8 Å². The maximum absolute atomic E-state index is 11.5. The van der Waals surface area contributed by atoms with Crippen molar-refractivity contribution < 1.29 is 14.3 Å². The van der Waals surface area contributed by atoms with Crippen LogP contribution in [0.2, 0.25) is 0 Å². The van der Waals surface area contributed by atoms with Gasteiger partial charge in [-0.25, -0.2) is 4.79 Å². The van der Waals surface area contributed by atoms with Crippen LogP contribution in [0.5, 0.6) is 0 Å². The number of esters is 1. The molecule has 0 aliphatic rings. The van der Waals surface area contributed by atoms with Crippen LogP contribution in [0, 0.1) is 11.8 Å². The Bertz CT molecular complexity index is 735. The van der Waals surface area contributed by atoms with E-state index >= 15 is 0 Å². The summed E-state index contributed by atoms with van der Waals surface area (Å²) in [5.41, 5.74) is 7.68. The molecule has 0 aromatic heterocycles. The summed E-state index contributed by atoms with van der Waals surface area (Å²) in [7, 11) is 0. The number of carbonyl (C=O) groups excluding carboxylic acids is 2. The number of hydrogen-bond donors (Lipinski definition) is 1. The molecule has 0 heterocycles. The van der Waals surface area contributed by atoms with Gasteiger partial charge < -0.3 is 10.5 Å². The van der Waals surface area contributed by atoms with Crippen molar-refractivity contribution in [2.45, 2.75) is 6.92 Å². The van der Waals surface area contributed by atoms with Crippen LogP contribution >= 0.6 is 0 Å². The van der Waals surface area contributed by atoms with Crippen molar-refractivity contribution in [2.75, 3.05) is 6.61 Å². The SMILES string of the molecule is CCOC(=O)c1ccc(C#Cc2ccc(C(N)=O)cc2)cc1. The minimum absolute atomic E-state index is 0.343. The zero-order valence-corrected chi connectivity index (χ0v) is 12.1. The van der Waals surface area contributed by atoms with Crippen LogP contribution in [0.4, 0.5) is 0 Å². The van der Waals surface area contributed by atoms with Crippen LogP contribution in [0.25, 0.3) is 0 Å². The van der Waals surface area contributed by atoms with Crippen molar-refractivity contribution in [1.82, 2.24) is 0 Å². The highest BCUT2D eigenvalue weighted by atomic mass is 16.5. The predicted molar refractivity (Wildman–Crippen MR) is 83.3 cm³/mol. The second-order valence-electron chi connectivity index (χ2n) is 4.49. The van der Waals surface area contributed by atoms with Crippen LogP contribution in [0.15, 0.2) is 48.5 Å². The van der Waals surface area contributed by atoms with Crippen LogP contribution in [0.1, 0.15) is 38.8 Å². The van der Waals surface area contributed by atoms with E-state index in [1.165, 1.54) is 0 Å². The zero-order chi connectivity index (χ0) is 15.9. The second kappa shape index (κ2) is 7.09. The Kier molecular flexibility index (Phi) is 4.94. The predicted octanol–water partition coefficient (Wildman–Crippen LogP) is 2.36. The molecule has 0 saturated carbocycles. The molecule has 2 aromatic rings. The summed E-state index contributed by atoms with van der Waals surface area (Å²) in [6.45, 7) is 2.11. The van der Waals surface area contributed by atoms with E-state index in [4.69, 9.17) is 10.5 Å². The van der Waals surface area contributed by atoms with Gasteiger partial charge in [0.1, 0.15) is 0 Å². The number of carbonyl (C=O) groups is 2. The molecule has 0 fully saturated rings. The van der Waals surface area contributed by atoms with E-state index in [0.29, 0.717) is 17.7 Å². The minimum atomic E-state index is -0.464. The number of ether oxygens (including phenoxy) is 1. The standard InChI is InChI=1S/C18H15NO3/c1-2-22-18(21)16-11-7-14(8-12-16)4-3-13-5-9-15(10-6-13)17(19)20/h5-12H,2H2,1H3,(H2,19,20). The first-order valence-corrected chi connectivity index (χ1v) is 6.79. The van der Waals surface area contributed by atoms with Crippen molar-refractivity contribution in [3.63, 3.8) is 0 Å². The summed E-state index contributed by atoms with van der Waals surface area (Å²) in [5.74, 6) is 5.16. The molecule has 2 rings (SSSR count). The first-order chi connectivity index (χ1) is 10.6. The lowest BCUT2D eigenvalue weighted by atomic mass is 10.1. The van der Waals surface area contributed by atoms with Gasteiger partial charge in [0.15, 0.2) is 0 Å². The molecule has 0 saturated heterocycles. The number of benzene rings is 2. The van der Waals surface area contributed by atoms with Gasteiger partial charge in [-0.05, 0) is 55.5 Å². The molecule has 22 heavy (non-hydrogen) atoms. The van der Waals surface area contributed by atoms with Gasteiger partial charge in [0.25, 0.3) is 0 Å². The highest BCUT2D eigenvalue weighted by Crippen LogP contribution is 2.06. The first-order valence-electron chi connectivity index (χ1n) is 6.79. The molecule has 0 spiro atoms. The number of rotatable bonds is 3. The normalized spacial score (nSPS) is 9.50. The molecule has 1 amide bonds. The third-order valence-electron chi connectivity index (χ3n) is 2.92. The van der Waals surface area contributed by atoms with Crippen molar-refractivity contribution in [3.05, 3.63) is 70.8 Å². The monoisotopic (exact) mass is 293 g/mol. The van der Waals surface area contributed by atoms with E-state index < -0.39 is 5.91 Å². The van der Waals surface area contributed by atoms with Crippen molar-refractivity contribution in [2.24, 2.45) is 5.73 Å². The van der Waals surface area contributed by atoms with Gasteiger partial charge in [0.05, 0.1) is 12.2 Å². The second-order valence-corrected chi connectivity index (χ2v) is 4.49. The smallest absolute Gasteiger partial charge is 0.338 e. The fraction of sp³-hybridized carbons (Fsp3) is 0.111. The van der Waals surface area contributed by atoms with E-state index in [9.17, 15) is 9.59 Å². The fourth-order valence-corrected chi connectivity index (χ4v) is 1.77. The maximum atomic E-state index is 11.5. The molecular weight excluding hydrogens is 278 g/mol. The molecule has 2 aromatic carbocycles. The van der Waals surface area contributed by atoms with Gasteiger partial charge in [-0.15, -0.1) is 0 Å². The topological polar surface area (TPSA) is 69.4 Å². The van der Waals surface area contributed by atoms with E-state index in [1.807, 2.05) is 0 Å². The lowest BCUT2D eigenvalue weighted by molar-refractivity contribution is 0.0526. The van der Waals surface area contributed by atoms with E-state index in [2.05, 4.69) is 11.8 Å². The van der Waals surface area contributed by atoms with Gasteiger partial charge in [-0.3, -0.25) is 4.79 Å². The summed E-state index contributed by atoms with van der Waals surface area (Å²) in [6.07, 6.45) is 0. The molecule has 0 aliphatic heterocycles. The molecule has 4 nitrogen and oxygen atoms in total. The lowest BCUT2D eigenvalue weighted by Gasteiger charge is -2.00. The molecule has 0 bridgehead atoms. The Morgan fingerprint density at radius 3 is 1.77 bits per heavy atom. The number of primary amides is 1. The van der Waals surface area contributed by atoms with E-state index in [-0.39, 0.29) is 5.97 Å². The Morgan fingerprint density at radius 2 is 1.36 bits per heavy atom. The highest BCUT2D eigenvalue weighted by molar-refractivity contribution is 5.92. The summed E-state index contributed by atoms with van der Waals surface area (Å²) in [4.78, 5) is 22.5. The summed E-state index contributed by atoms with van der Waals surface area (Å²) in [6, 6.07) is 13.6. The Labute approximate surface area is 128 Å². The highest BCUT2D eigenvalue weighted by Gasteiger charge is 2.04. The van der Waals surface area contributed by atoms with Gasteiger partial charge in [-0.2, -0.15) is 0 Å². The van der Waals surface area contributed by atoms with Gasteiger partial charge >= 0.3 is 5.97 Å². The molecule has 0 unspecified atom stereocenters. The average Bonchev–Trinajstić information content (AvgIpc) is 2.54. The van der Waals surface area contributed by atoms with Crippen LogP contribution in [-0.2, 0) is 4.74 Å². The average molecular weight is 293 g/mol. The fourth-order valence-electron chi connectivity index (χ4n) is 1.77. The summed E-state index contributed by atoms with van der Waals surface area (Å²) < 4.78 is 4.91. The zero-order valence-electron chi connectivity index (χ0n) is 12.1. The Morgan fingerprint density at radius 1 is 0.909 bits per heavy atom. The lowest BCUT2D eigenvalue weighted by Crippen LogP contribution is -2.10. The summed E-state index contributed by atoms with van der Waals surface area (Å²) >= 11 is 0. The van der Waals surface area contributed by atoms with Gasteiger partial charge in [0, 0.05) is 16.7 Å². The van der Waals surface area contributed by atoms with Crippen LogP contribution in [0.3, 0.4) is 0 Å². The maximum Gasteiger partial charge on any atom is 0.338 e. The quantitative estimate of drug-likeness (QED) is 0.697. The molecular formula is C18H15NO3. The molecule has 0 aliphatic carbocycles. The Balaban J connectivity index is 2.11. The molecule has 110 valence electrons. The van der Waals surface area contributed by atoms with Crippen LogP contribution in [-0.4, -0.2) is 18.5 Å². The Hall–Kier alpha value is -3.06. The van der Waals surface area contributed by atoms with Crippen molar-refractivity contribution >= 4 is 11.9 Å². The third-order valence-corrected chi connectivity index (χ3v) is 2.92. The number of nitrogens with two attached hydrogens (primary N) is 1. The van der Waals surface area contributed by atoms with Crippen molar-refractivity contribution in [1.29, 1.82) is 0 Å². The molecule has 0 radical (unpaired) electrons. The molecule has 4 heteroatoms. The van der Waals surface area contributed by atoms with Crippen molar-refractivity contribution in [3.8, 4) is 11.8 Å². The summed E-state index contributed by atoms with van der Waals surface area (Å²) in [5, 5.41) is 0. The number of hydrogen-bond acceptors (Lipinski definition) is 3. The first kappa shape index (κ1) is 15.3. The molecule has 2 N–H and O–H groups in total. The van der Waals surface area contributed by atoms with E-state index in [0.717, 1.165) is 11.1 Å². The van der Waals surface area contributed by atoms with Crippen LogP contribution < -0.4 is 5.73 Å². The molecule has 0 atom stereocenters. The van der Waals surface area contributed by atoms with Gasteiger partial charge in [0.2, 0.25) is 5.91 Å². The number of amides is 1. The minimum Gasteiger partial charge on any atom is -0.462 e. The largest absolute Gasteiger partial charge is 0.462 e. The van der Waals surface area contributed by atoms with E-state index in [1.54, 1.807) is 55.5 Å². The third kappa shape index (κ3) is 3.97.